The molecule has 0 atom stereocenters. The molecular weight excluding hydrogens is 419 g/mol. The molecule has 2 N–H and O–H groups in total. The molecule has 0 aliphatic heterocycles. The maximum atomic E-state index is 13.1. The van der Waals surface area contributed by atoms with E-state index in [1.54, 1.807) is 35.1 Å². The van der Waals surface area contributed by atoms with Crippen molar-refractivity contribution in [1.29, 1.82) is 0 Å². The maximum Gasteiger partial charge on any atom is 0.433 e. The molecule has 5 rings (SSSR count). The Kier molecular flexibility index (Phi) is 4.76. The molecular formula is C22H18F3N7. The van der Waals surface area contributed by atoms with Crippen LogP contribution in [-0.4, -0.2) is 24.6 Å². The molecule has 0 amide bonds. The second-order valence-electron chi connectivity index (χ2n) is 7.51. The summed E-state index contributed by atoms with van der Waals surface area (Å²) in [6.45, 7) is 4.05. The van der Waals surface area contributed by atoms with Crippen LogP contribution in [0.1, 0.15) is 18.5 Å². The topological polar surface area (TPSA) is 80.0 Å². The highest BCUT2D eigenvalue weighted by Crippen LogP contribution is 2.36. The lowest BCUT2D eigenvalue weighted by atomic mass is 10.3. The van der Waals surface area contributed by atoms with E-state index >= 15 is 0 Å². The van der Waals surface area contributed by atoms with Crippen molar-refractivity contribution in [1.82, 2.24) is 24.6 Å². The van der Waals surface area contributed by atoms with Gasteiger partial charge in [0, 0.05) is 29.8 Å². The summed E-state index contributed by atoms with van der Waals surface area (Å²) in [5.74, 6) is 1.62. The molecule has 1 fully saturated rings. The number of alkyl halides is 3. The Balaban J connectivity index is 1.49. The fourth-order valence-corrected chi connectivity index (χ4v) is 3.26. The second kappa shape index (κ2) is 7.63. The highest BCUT2D eigenvalue weighted by molar-refractivity contribution is 5.75. The van der Waals surface area contributed by atoms with Crippen LogP contribution in [0.15, 0.2) is 67.1 Å². The van der Waals surface area contributed by atoms with Crippen LogP contribution in [0.4, 0.5) is 30.5 Å². The normalized spacial score (nSPS) is 13.8. The second-order valence-corrected chi connectivity index (χ2v) is 7.51. The smallest absolute Gasteiger partial charge is 0.344 e. The van der Waals surface area contributed by atoms with Gasteiger partial charge in [-0.25, -0.2) is 19.5 Å². The molecule has 0 radical (unpaired) electrons. The zero-order valence-corrected chi connectivity index (χ0v) is 16.8. The number of nitrogens with zero attached hydrogens (tertiary/aromatic N) is 5. The van der Waals surface area contributed by atoms with Crippen LogP contribution in [0, 0.1) is 5.92 Å². The lowest BCUT2D eigenvalue weighted by Crippen LogP contribution is -2.09. The van der Waals surface area contributed by atoms with Gasteiger partial charge in [0.05, 0.1) is 0 Å². The molecule has 162 valence electrons. The summed E-state index contributed by atoms with van der Waals surface area (Å²) < 4.78 is 40.8. The zero-order valence-electron chi connectivity index (χ0n) is 16.8. The van der Waals surface area contributed by atoms with Crippen molar-refractivity contribution in [3.05, 3.63) is 72.8 Å². The predicted octanol–water partition coefficient (Wildman–Crippen LogP) is 5.28. The number of rotatable bonds is 6. The number of fused-ring (bicyclic) bond motifs is 1. The van der Waals surface area contributed by atoms with Crippen molar-refractivity contribution in [2.45, 2.75) is 19.0 Å². The van der Waals surface area contributed by atoms with Crippen LogP contribution in [0.5, 0.6) is 0 Å². The Morgan fingerprint density at radius 3 is 2.72 bits per heavy atom. The van der Waals surface area contributed by atoms with Gasteiger partial charge in [-0.05, 0) is 49.1 Å². The molecule has 1 saturated carbocycles. The van der Waals surface area contributed by atoms with Gasteiger partial charge in [-0.1, -0.05) is 12.6 Å². The number of halogens is 3. The Morgan fingerprint density at radius 1 is 1.09 bits per heavy atom. The lowest BCUT2D eigenvalue weighted by Gasteiger charge is -2.12. The van der Waals surface area contributed by atoms with Gasteiger partial charge in [0.2, 0.25) is 5.82 Å². The van der Waals surface area contributed by atoms with Crippen molar-refractivity contribution in [2.24, 2.45) is 5.92 Å². The summed E-state index contributed by atoms with van der Waals surface area (Å²) in [5, 5.41) is 10.7. The van der Waals surface area contributed by atoms with Gasteiger partial charge in [0.15, 0.2) is 5.82 Å². The average Bonchev–Trinajstić information content (AvgIpc) is 3.51. The molecule has 0 aromatic carbocycles. The highest BCUT2D eigenvalue weighted by Gasteiger charge is 2.32. The number of hydrogen-bond acceptors (Lipinski definition) is 6. The van der Waals surface area contributed by atoms with E-state index in [0.29, 0.717) is 28.8 Å². The van der Waals surface area contributed by atoms with Crippen molar-refractivity contribution in [3.63, 3.8) is 0 Å². The summed E-state index contributed by atoms with van der Waals surface area (Å²) in [5.41, 5.74) is 1.33. The fourth-order valence-electron chi connectivity index (χ4n) is 3.26. The minimum Gasteiger partial charge on any atom is -0.344 e. The van der Waals surface area contributed by atoms with Crippen molar-refractivity contribution < 1.29 is 13.2 Å². The largest absolute Gasteiger partial charge is 0.433 e. The van der Waals surface area contributed by atoms with Crippen LogP contribution >= 0.6 is 0 Å². The maximum absolute atomic E-state index is 13.1. The fraction of sp³-hybridized carbons (Fsp3) is 0.182. The first-order valence-electron chi connectivity index (χ1n) is 9.96. The summed E-state index contributed by atoms with van der Waals surface area (Å²) in [7, 11) is 0. The van der Waals surface area contributed by atoms with E-state index in [2.05, 4.69) is 37.3 Å². The molecule has 4 aromatic rings. The quantitative estimate of drug-likeness (QED) is 0.427. The first-order chi connectivity index (χ1) is 15.4. The molecule has 0 saturated heterocycles. The third kappa shape index (κ3) is 4.11. The Morgan fingerprint density at radius 2 is 1.94 bits per heavy atom. The Bertz CT molecular complexity index is 1310. The molecule has 1 aliphatic rings. The lowest BCUT2D eigenvalue weighted by molar-refractivity contribution is -0.141. The van der Waals surface area contributed by atoms with Gasteiger partial charge >= 0.3 is 6.18 Å². The molecule has 0 bridgehead atoms. The van der Waals surface area contributed by atoms with Gasteiger partial charge in [-0.2, -0.15) is 13.2 Å². The van der Waals surface area contributed by atoms with Crippen molar-refractivity contribution in [2.75, 3.05) is 10.6 Å². The van der Waals surface area contributed by atoms with Crippen LogP contribution in [0.3, 0.4) is 0 Å². The van der Waals surface area contributed by atoms with Gasteiger partial charge in [0.25, 0.3) is 0 Å². The summed E-state index contributed by atoms with van der Waals surface area (Å²) in [6, 6.07) is 10.8. The minimum atomic E-state index is -4.56. The van der Waals surface area contributed by atoms with Crippen LogP contribution < -0.4 is 10.6 Å². The number of allylic oxidation sites excluding steroid dienone is 1. The zero-order chi connectivity index (χ0) is 22.3. The monoisotopic (exact) mass is 437 g/mol. The Hall–Kier alpha value is -3.95. The number of hydrogen-bond donors (Lipinski definition) is 2. The van der Waals surface area contributed by atoms with Crippen molar-refractivity contribution in [3.8, 4) is 11.5 Å². The predicted molar refractivity (Wildman–Crippen MR) is 114 cm³/mol. The third-order valence-electron chi connectivity index (χ3n) is 5.04. The number of aromatic nitrogens is 5. The van der Waals surface area contributed by atoms with Crippen molar-refractivity contribution >= 4 is 22.8 Å². The van der Waals surface area contributed by atoms with E-state index in [9.17, 15) is 13.2 Å². The first-order valence-corrected chi connectivity index (χ1v) is 9.96. The van der Waals surface area contributed by atoms with E-state index in [0.717, 1.165) is 24.6 Å². The molecule has 1 aliphatic carbocycles. The molecule has 4 heterocycles. The van der Waals surface area contributed by atoms with E-state index in [4.69, 9.17) is 0 Å². The molecule has 4 aromatic heterocycles. The molecule has 7 nitrogen and oxygen atoms in total. The van der Waals surface area contributed by atoms with Gasteiger partial charge in [-0.3, -0.25) is 0 Å². The number of anilines is 3. The SMILES string of the molecule is C=C(Nc1cc(Nc2nc(-c3cccc(C(F)(F)F)n3)nn3cccc23)ccn1)C1CC1. The summed E-state index contributed by atoms with van der Waals surface area (Å²) >= 11 is 0. The first kappa shape index (κ1) is 20.0. The molecule has 10 heteroatoms. The van der Waals surface area contributed by atoms with E-state index in [1.807, 2.05) is 6.07 Å². The number of nitrogens with one attached hydrogen (secondary N) is 2. The van der Waals surface area contributed by atoms with E-state index in [1.165, 1.54) is 12.1 Å². The van der Waals surface area contributed by atoms with Crippen LogP contribution in [0.2, 0.25) is 0 Å². The highest BCUT2D eigenvalue weighted by atomic mass is 19.4. The molecule has 32 heavy (non-hydrogen) atoms. The summed E-state index contributed by atoms with van der Waals surface area (Å²) in [6.07, 6.45) is 1.04. The van der Waals surface area contributed by atoms with E-state index in [-0.39, 0.29) is 11.5 Å². The summed E-state index contributed by atoms with van der Waals surface area (Å²) in [4.78, 5) is 12.5. The molecule has 0 unspecified atom stereocenters. The van der Waals surface area contributed by atoms with Gasteiger partial charge in [0.1, 0.15) is 22.7 Å². The Labute approximate surface area is 181 Å². The van der Waals surface area contributed by atoms with Crippen LogP contribution in [0.25, 0.3) is 17.0 Å². The average molecular weight is 437 g/mol. The van der Waals surface area contributed by atoms with E-state index < -0.39 is 11.9 Å². The third-order valence-corrected chi connectivity index (χ3v) is 5.04. The van der Waals surface area contributed by atoms with Gasteiger partial charge < -0.3 is 10.6 Å². The minimum absolute atomic E-state index is 0.0243. The standard InChI is InChI=1S/C22H18F3N7/c1-13(14-7-8-14)27-19-12-15(9-10-26-19)28-21-17-5-3-11-32(17)31-20(30-21)16-4-2-6-18(29-16)22(23,24)25/h2-6,9-12,14H,1,7-8H2,(H2,26,27,28,30,31). The number of pyridine rings is 2. The van der Waals surface area contributed by atoms with Crippen LogP contribution in [-0.2, 0) is 6.18 Å². The van der Waals surface area contributed by atoms with Gasteiger partial charge in [-0.15, -0.1) is 5.10 Å². The molecule has 0 spiro atoms.